The third kappa shape index (κ3) is 3.44. The number of carbonyl (C=O) groups is 1. The van der Waals surface area contributed by atoms with Gasteiger partial charge in [0.05, 0.1) is 27.0 Å². The Morgan fingerprint density at radius 2 is 1.81 bits per heavy atom. The number of hydrogen-bond acceptors (Lipinski definition) is 6. The Hall–Kier alpha value is -3.55. The van der Waals surface area contributed by atoms with Gasteiger partial charge in [0.15, 0.2) is 11.5 Å². The smallest absolute Gasteiger partial charge is 0.273 e. The van der Waals surface area contributed by atoms with Crippen molar-refractivity contribution in [1.29, 1.82) is 0 Å². The molecular weight excluding hydrogens is 336 g/mol. The monoisotopic (exact) mass is 354 g/mol. The molecule has 8 heteroatoms. The highest BCUT2D eigenvalue weighted by Crippen LogP contribution is 2.40. The number of rotatable bonds is 6. The maximum absolute atomic E-state index is 12.5. The standard InChI is InChI=1S/C18H18N4O4/c1-24-15-7-12(8-16(25-2)17(15)26-3)20-18(23)14-9-13(21-22-14)11-5-4-6-19-10-11/h4-10H,1-3H3,(H,20,23)(H,21,22). The fourth-order valence-electron chi connectivity index (χ4n) is 2.45. The summed E-state index contributed by atoms with van der Waals surface area (Å²) in [5.41, 5.74) is 2.27. The van der Waals surface area contributed by atoms with E-state index in [4.69, 9.17) is 14.2 Å². The highest BCUT2D eigenvalue weighted by molar-refractivity contribution is 6.03. The van der Waals surface area contributed by atoms with E-state index in [1.165, 1.54) is 21.3 Å². The van der Waals surface area contributed by atoms with Crippen LogP contribution < -0.4 is 19.5 Å². The predicted octanol–water partition coefficient (Wildman–Crippen LogP) is 2.75. The fourth-order valence-corrected chi connectivity index (χ4v) is 2.45. The lowest BCUT2D eigenvalue weighted by Crippen LogP contribution is -2.12. The number of hydrogen-bond donors (Lipinski definition) is 2. The van der Waals surface area contributed by atoms with Crippen LogP contribution in [0.15, 0.2) is 42.7 Å². The average Bonchev–Trinajstić information content (AvgIpc) is 3.18. The number of ether oxygens (including phenoxy) is 3. The van der Waals surface area contributed by atoms with Crippen LogP contribution in [0.4, 0.5) is 5.69 Å². The Bertz CT molecular complexity index is 884. The van der Waals surface area contributed by atoms with Crippen LogP contribution in [-0.4, -0.2) is 42.4 Å². The average molecular weight is 354 g/mol. The van der Waals surface area contributed by atoms with Gasteiger partial charge in [-0.3, -0.25) is 14.9 Å². The number of benzene rings is 1. The van der Waals surface area contributed by atoms with Crippen molar-refractivity contribution >= 4 is 11.6 Å². The second kappa shape index (κ2) is 7.56. The van der Waals surface area contributed by atoms with Gasteiger partial charge in [-0.05, 0) is 18.2 Å². The molecule has 0 fully saturated rings. The van der Waals surface area contributed by atoms with Gasteiger partial charge in [0.2, 0.25) is 5.75 Å². The van der Waals surface area contributed by atoms with Gasteiger partial charge in [-0.25, -0.2) is 0 Å². The molecule has 0 atom stereocenters. The van der Waals surface area contributed by atoms with Gasteiger partial charge in [0.1, 0.15) is 5.69 Å². The number of nitrogens with zero attached hydrogens (tertiary/aromatic N) is 2. The third-order valence-corrected chi connectivity index (χ3v) is 3.70. The lowest BCUT2D eigenvalue weighted by Gasteiger charge is -2.14. The minimum Gasteiger partial charge on any atom is -0.493 e. The molecule has 1 amide bonds. The number of amides is 1. The van der Waals surface area contributed by atoms with E-state index in [2.05, 4.69) is 20.5 Å². The number of H-pyrrole nitrogens is 1. The van der Waals surface area contributed by atoms with E-state index in [1.54, 1.807) is 36.7 Å². The Labute approximate surface area is 150 Å². The van der Waals surface area contributed by atoms with Gasteiger partial charge in [-0.1, -0.05) is 0 Å². The highest BCUT2D eigenvalue weighted by atomic mass is 16.5. The van der Waals surface area contributed by atoms with Crippen LogP contribution in [-0.2, 0) is 0 Å². The van der Waals surface area contributed by atoms with E-state index in [9.17, 15) is 4.79 Å². The molecule has 26 heavy (non-hydrogen) atoms. The zero-order valence-corrected chi connectivity index (χ0v) is 14.6. The molecule has 0 saturated carbocycles. The van der Waals surface area contributed by atoms with Crippen LogP contribution in [0.25, 0.3) is 11.3 Å². The number of carbonyl (C=O) groups excluding carboxylic acids is 1. The topological polar surface area (TPSA) is 98.4 Å². The minimum atomic E-state index is -0.345. The van der Waals surface area contributed by atoms with Crippen molar-refractivity contribution in [2.45, 2.75) is 0 Å². The van der Waals surface area contributed by atoms with E-state index in [0.717, 1.165) is 5.56 Å². The Balaban J connectivity index is 1.83. The first-order chi connectivity index (χ1) is 12.7. The van der Waals surface area contributed by atoms with Crippen LogP contribution in [0.2, 0.25) is 0 Å². The van der Waals surface area contributed by atoms with Crippen molar-refractivity contribution in [2.75, 3.05) is 26.6 Å². The summed E-state index contributed by atoms with van der Waals surface area (Å²) in [6.07, 6.45) is 3.35. The molecule has 0 saturated heterocycles. The lowest BCUT2D eigenvalue weighted by atomic mass is 10.2. The van der Waals surface area contributed by atoms with Crippen LogP contribution in [0.5, 0.6) is 17.2 Å². The summed E-state index contributed by atoms with van der Waals surface area (Å²) in [6, 6.07) is 8.63. The van der Waals surface area contributed by atoms with Gasteiger partial charge in [-0.15, -0.1) is 0 Å². The maximum Gasteiger partial charge on any atom is 0.273 e. The van der Waals surface area contributed by atoms with E-state index in [1.807, 2.05) is 6.07 Å². The number of nitrogens with one attached hydrogen (secondary N) is 2. The lowest BCUT2D eigenvalue weighted by molar-refractivity contribution is 0.102. The van der Waals surface area contributed by atoms with Crippen molar-refractivity contribution < 1.29 is 19.0 Å². The second-order valence-electron chi connectivity index (χ2n) is 5.28. The van der Waals surface area contributed by atoms with Gasteiger partial charge < -0.3 is 19.5 Å². The maximum atomic E-state index is 12.5. The van der Waals surface area contributed by atoms with Crippen LogP contribution in [0, 0.1) is 0 Å². The zero-order valence-electron chi connectivity index (χ0n) is 14.6. The molecule has 2 aromatic heterocycles. The molecule has 0 radical (unpaired) electrons. The highest BCUT2D eigenvalue weighted by Gasteiger charge is 2.16. The molecule has 2 N–H and O–H groups in total. The summed E-state index contributed by atoms with van der Waals surface area (Å²) in [5, 5.41) is 9.66. The van der Waals surface area contributed by atoms with E-state index >= 15 is 0 Å². The number of aromatic nitrogens is 3. The van der Waals surface area contributed by atoms with Gasteiger partial charge in [0, 0.05) is 35.8 Å². The fraction of sp³-hybridized carbons (Fsp3) is 0.167. The molecule has 1 aromatic carbocycles. The van der Waals surface area contributed by atoms with Crippen molar-refractivity contribution in [2.24, 2.45) is 0 Å². The van der Waals surface area contributed by atoms with E-state index in [-0.39, 0.29) is 5.91 Å². The number of aromatic amines is 1. The van der Waals surface area contributed by atoms with Gasteiger partial charge in [-0.2, -0.15) is 5.10 Å². The minimum absolute atomic E-state index is 0.317. The summed E-state index contributed by atoms with van der Waals surface area (Å²) in [6.45, 7) is 0. The molecule has 0 aliphatic carbocycles. The molecule has 0 bridgehead atoms. The summed E-state index contributed by atoms with van der Waals surface area (Å²) in [4.78, 5) is 16.5. The van der Waals surface area contributed by atoms with Crippen LogP contribution in [0.3, 0.4) is 0 Å². The molecule has 3 aromatic rings. The number of methoxy groups -OCH3 is 3. The number of pyridine rings is 1. The first kappa shape index (κ1) is 17.3. The molecule has 3 rings (SSSR count). The summed E-state index contributed by atoms with van der Waals surface area (Å²) >= 11 is 0. The molecule has 0 unspecified atom stereocenters. The zero-order chi connectivity index (χ0) is 18.5. The molecule has 0 aliphatic rings. The first-order valence-corrected chi connectivity index (χ1v) is 7.73. The third-order valence-electron chi connectivity index (χ3n) is 3.70. The Morgan fingerprint density at radius 3 is 2.38 bits per heavy atom. The molecule has 2 heterocycles. The van der Waals surface area contributed by atoms with Crippen molar-refractivity contribution in [3.8, 4) is 28.5 Å². The molecule has 0 aliphatic heterocycles. The van der Waals surface area contributed by atoms with Crippen LogP contribution >= 0.6 is 0 Å². The first-order valence-electron chi connectivity index (χ1n) is 7.73. The van der Waals surface area contributed by atoms with Crippen LogP contribution in [0.1, 0.15) is 10.5 Å². The van der Waals surface area contributed by atoms with E-state index < -0.39 is 0 Å². The van der Waals surface area contributed by atoms with E-state index in [0.29, 0.717) is 34.3 Å². The SMILES string of the molecule is COc1cc(NC(=O)c2cc(-c3cccnc3)n[nH]2)cc(OC)c1OC. The van der Waals surface area contributed by atoms with Crippen molar-refractivity contribution in [3.05, 3.63) is 48.4 Å². The second-order valence-corrected chi connectivity index (χ2v) is 5.28. The summed E-state index contributed by atoms with van der Waals surface area (Å²) < 4.78 is 15.8. The summed E-state index contributed by atoms with van der Waals surface area (Å²) in [5.74, 6) is 1.00. The molecular formula is C18H18N4O4. The largest absolute Gasteiger partial charge is 0.493 e. The van der Waals surface area contributed by atoms with Crippen molar-refractivity contribution in [1.82, 2.24) is 15.2 Å². The molecule has 134 valence electrons. The van der Waals surface area contributed by atoms with Gasteiger partial charge >= 0.3 is 0 Å². The Kier molecular flexibility index (Phi) is 5.02. The quantitative estimate of drug-likeness (QED) is 0.706. The molecule has 0 spiro atoms. The molecule has 8 nitrogen and oxygen atoms in total. The Morgan fingerprint density at radius 1 is 1.08 bits per heavy atom. The predicted molar refractivity (Wildman–Crippen MR) is 95.9 cm³/mol. The summed E-state index contributed by atoms with van der Waals surface area (Å²) in [7, 11) is 4.54. The number of anilines is 1. The normalized spacial score (nSPS) is 10.3. The van der Waals surface area contributed by atoms with Crippen molar-refractivity contribution in [3.63, 3.8) is 0 Å². The van der Waals surface area contributed by atoms with Gasteiger partial charge in [0.25, 0.3) is 5.91 Å².